The van der Waals surface area contributed by atoms with Crippen LogP contribution in [0.25, 0.3) is 0 Å². The number of nitrogens with two attached hydrogens (primary N) is 1. The molecule has 1 aromatic rings. The van der Waals surface area contributed by atoms with E-state index >= 15 is 0 Å². The van der Waals surface area contributed by atoms with Gasteiger partial charge in [-0.05, 0) is 30.5 Å². The molecular formula is C15H20Cl2N2O2. The molecule has 0 aliphatic carbocycles. The minimum atomic E-state index is -0.831. The van der Waals surface area contributed by atoms with Crippen LogP contribution in [-0.2, 0) is 9.53 Å². The third kappa shape index (κ3) is 3.89. The van der Waals surface area contributed by atoms with E-state index in [-0.39, 0.29) is 11.8 Å². The molecule has 1 aliphatic rings. The molecule has 0 saturated carbocycles. The van der Waals surface area contributed by atoms with Gasteiger partial charge < -0.3 is 15.8 Å². The zero-order valence-corrected chi connectivity index (χ0v) is 13.5. The molecule has 0 radical (unpaired) electrons. The van der Waals surface area contributed by atoms with Crippen LogP contribution >= 0.6 is 23.2 Å². The van der Waals surface area contributed by atoms with E-state index in [9.17, 15) is 4.79 Å². The first-order valence-corrected chi connectivity index (χ1v) is 7.78. The van der Waals surface area contributed by atoms with Crippen LogP contribution in [0, 0.1) is 0 Å². The molecule has 1 saturated heterocycles. The third-order valence-electron chi connectivity index (χ3n) is 3.90. The molecule has 0 aromatic heterocycles. The Morgan fingerprint density at radius 1 is 1.38 bits per heavy atom. The fourth-order valence-electron chi connectivity index (χ4n) is 2.47. The number of hydrogen-bond donors (Lipinski definition) is 2. The zero-order chi connectivity index (χ0) is 15.5. The molecule has 0 spiro atoms. The Balaban J connectivity index is 1.97. The molecule has 1 amide bonds. The SMILES string of the molecule is CC(CNC(=O)C1(N)CCOCC1)c1c(Cl)cccc1Cl. The van der Waals surface area contributed by atoms with Gasteiger partial charge in [0, 0.05) is 35.7 Å². The van der Waals surface area contributed by atoms with Crippen molar-refractivity contribution in [1.29, 1.82) is 0 Å². The van der Waals surface area contributed by atoms with Crippen molar-refractivity contribution in [2.45, 2.75) is 31.2 Å². The molecule has 116 valence electrons. The lowest BCUT2D eigenvalue weighted by Gasteiger charge is -2.32. The second-order valence-electron chi connectivity index (χ2n) is 5.51. The summed E-state index contributed by atoms with van der Waals surface area (Å²) in [6.45, 7) is 3.47. The van der Waals surface area contributed by atoms with Crippen LogP contribution in [0.2, 0.25) is 10.0 Å². The van der Waals surface area contributed by atoms with Gasteiger partial charge in [-0.3, -0.25) is 4.79 Å². The van der Waals surface area contributed by atoms with Gasteiger partial charge in [-0.25, -0.2) is 0 Å². The third-order valence-corrected chi connectivity index (χ3v) is 4.56. The summed E-state index contributed by atoms with van der Waals surface area (Å²) < 4.78 is 5.25. The number of ether oxygens (including phenoxy) is 1. The van der Waals surface area contributed by atoms with Crippen LogP contribution in [0.5, 0.6) is 0 Å². The normalized spacial score (nSPS) is 19.0. The Morgan fingerprint density at radius 3 is 2.52 bits per heavy atom. The van der Waals surface area contributed by atoms with Crippen molar-refractivity contribution in [2.75, 3.05) is 19.8 Å². The summed E-state index contributed by atoms with van der Waals surface area (Å²) in [7, 11) is 0. The summed E-state index contributed by atoms with van der Waals surface area (Å²) in [5.74, 6) is -0.126. The van der Waals surface area contributed by atoms with Crippen LogP contribution in [0.1, 0.15) is 31.2 Å². The minimum absolute atomic E-state index is 0.0126. The number of carbonyl (C=O) groups is 1. The molecule has 4 nitrogen and oxygen atoms in total. The number of rotatable bonds is 4. The molecular weight excluding hydrogens is 311 g/mol. The molecule has 21 heavy (non-hydrogen) atoms. The highest BCUT2D eigenvalue weighted by Gasteiger charge is 2.35. The number of benzene rings is 1. The van der Waals surface area contributed by atoms with Crippen LogP contribution < -0.4 is 11.1 Å². The van der Waals surface area contributed by atoms with Gasteiger partial charge in [0.25, 0.3) is 0 Å². The Morgan fingerprint density at radius 2 is 1.95 bits per heavy atom. The maximum absolute atomic E-state index is 12.3. The predicted octanol–water partition coefficient (Wildman–Crippen LogP) is 2.72. The van der Waals surface area contributed by atoms with Crippen molar-refractivity contribution in [3.63, 3.8) is 0 Å². The molecule has 0 bridgehead atoms. The zero-order valence-electron chi connectivity index (χ0n) is 12.0. The lowest BCUT2D eigenvalue weighted by atomic mass is 9.90. The molecule has 6 heteroatoms. The van der Waals surface area contributed by atoms with Crippen molar-refractivity contribution in [1.82, 2.24) is 5.32 Å². The van der Waals surface area contributed by atoms with Gasteiger partial charge in [0.2, 0.25) is 5.91 Å². The first kappa shape index (κ1) is 16.6. The minimum Gasteiger partial charge on any atom is -0.381 e. The number of halogens is 2. The van der Waals surface area contributed by atoms with E-state index < -0.39 is 5.54 Å². The van der Waals surface area contributed by atoms with E-state index in [0.717, 1.165) is 5.56 Å². The van der Waals surface area contributed by atoms with Gasteiger partial charge in [-0.2, -0.15) is 0 Å². The summed E-state index contributed by atoms with van der Waals surface area (Å²) in [4.78, 5) is 12.3. The lowest BCUT2D eigenvalue weighted by Crippen LogP contribution is -2.57. The number of carbonyl (C=O) groups excluding carboxylic acids is 1. The maximum atomic E-state index is 12.3. The second-order valence-corrected chi connectivity index (χ2v) is 6.33. The summed E-state index contributed by atoms with van der Waals surface area (Å²) in [6, 6.07) is 5.39. The molecule has 1 aliphatic heterocycles. The van der Waals surface area contributed by atoms with Crippen LogP contribution in [-0.4, -0.2) is 31.2 Å². The Hall–Kier alpha value is -0.810. The Bertz CT molecular complexity index is 496. The van der Waals surface area contributed by atoms with Crippen molar-refractivity contribution < 1.29 is 9.53 Å². The second kappa shape index (κ2) is 6.97. The van der Waals surface area contributed by atoms with Gasteiger partial charge in [-0.1, -0.05) is 36.2 Å². The maximum Gasteiger partial charge on any atom is 0.240 e. The van der Waals surface area contributed by atoms with E-state index in [2.05, 4.69) is 5.32 Å². The number of nitrogens with one attached hydrogen (secondary N) is 1. The van der Waals surface area contributed by atoms with Crippen LogP contribution in [0.3, 0.4) is 0 Å². The fourth-order valence-corrected chi connectivity index (χ4v) is 3.24. The molecule has 1 heterocycles. The van der Waals surface area contributed by atoms with Gasteiger partial charge in [-0.15, -0.1) is 0 Å². The topological polar surface area (TPSA) is 64.4 Å². The van der Waals surface area contributed by atoms with E-state index in [1.54, 1.807) is 18.2 Å². The summed E-state index contributed by atoms with van der Waals surface area (Å²) in [5.41, 5.74) is 6.16. The van der Waals surface area contributed by atoms with E-state index in [1.807, 2.05) is 6.92 Å². The molecule has 2 rings (SSSR count). The molecule has 1 unspecified atom stereocenters. The highest BCUT2D eigenvalue weighted by molar-refractivity contribution is 6.36. The molecule has 1 atom stereocenters. The Kier molecular flexibility index (Phi) is 5.49. The number of amides is 1. The molecule has 1 aromatic carbocycles. The lowest BCUT2D eigenvalue weighted by molar-refractivity contribution is -0.129. The van der Waals surface area contributed by atoms with Crippen LogP contribution in [0.15, 0.2) is 18.2 Å². The van der Waals surface area contributed by atoms with E-state index in [0.29, 0.717) is 42.6 Å². The van der Waals surface area contributed by atoms with Crippen molar-refractivity contribution in [3.05, 3.63) is 33.8 Å². The van der Waals surface area contributed by atoms with Crippen molar-refractivity contribution >= 4 is 29.1 Å². The van der Waals surface area contributed by atoms with Crippen molar-refractivity contribution in [2.24, 2.45) is 5.73 Å². The average Bonchev–Trinajstić information content (AvgIpc) is 2.45. The van der Waals surface area contributed by atoms with Crippen molar-refractivity contribution in [3.8, 4) is 0 Å². The highest BCUT2D eigenvalue weighted by atomic mass is 35.5. The van der Waals surface area contributed by atoms with E-state index in [4.69, 9.17) is 33.7 Å². The summed E-state index contributed by atoms with van der Waals surface area (Å²) in [6.07, 6.45) is 1.08. The molecule has 3 N–H and O–H groups in total. The quantitative estimate of drug-likeness (QED) is 0.892. The van der Waals surface area contributed by atoms with Crippen LogP contribution in [0.4, 0.5) is 0 Å². The van der Waals surface area contributed by atoms with Gasteiger partial charge in [0.15, 0.2) is 0 Å². The molecule has 1 fully saturated rings. The fraction of sp³-hybridized carbons (Fsp3) is 0.533. The summed E-state index contributed by atoms with van der Waals surface area (Å²) >= 11 is 12.4. The standard InChI is InChI=1S/C15H20Cl2N2O2/c1-10(13-11(16)3-2-4-12(13)17)9-19-14(20)15(18)5-7-21-8-6-15/h2-4,10H,5-9,18H2,1H3,(H,19,20). The van der Waals surface area contributed by atoms with Gasteiger partial charge in [0.05, 0.1) is 5.54 Å². The monoisotopic (exact) mass is 330 g/mol. The first-order valence-electron chi connectivity index (χ1n) is 7.03. The first-order chi connectivity index (χ1) is 9.94. The smallest absolute Gasteiger partial charge is 0.240 e. The van der Waals surface area contributed by atoms with E-state index in [1.165, 1.54) is 0 Å². The van der Waals surface area contributed by atoms with Gasteiger partial charge in [0.1, 0.15) is 0 Å². The largest absolute Gasteiger partial charge is 0.381 e. The highest BCUT2D eigenvalue weighted by Crippen LogP contribution is 2.31. The Labute approximate surface area is 134 Å². The van der Waals surface area contributed by atoms with Gasteiger partial charge >= 0.3 is 0 Å². The average molecular weight is 331 g/mol. The number of hydrogen-bond acceptors (Lipinski definition) is 3. The summed E-state index contributed by atoms with van der Waals surface area (Å²) in [5, 5.41) is 4.13. The predicted molar refractivity (Wildman–Crippen MR) is 84.9 cm³/mol.